The minimum Gasteiger partial charge on any atom is -0.382 e. The predicted octanol–water partition coefficient (Wildman–Crippen LogP) is 4.16. The van der Waals surface area contributed by atoms with E-state index in [1.807, 2.05) is 36.0 Å². The van der Waals surface area contributed by atoms with Gasteiger partial charge in [0.1, 0.15) is 0 Å². The Morgan fingerprint density at radius 3 is 2.38 bits per heavy atom. The summed E-state index contributed by atoms with van der Waals surface area (Å²) >= 11 is 1.84. The van der Waals surface area contributed by atoms with E-state index in [-0.39, 0.29) is 10.7 Å². The van der Waals surface area contributed by atoms with Crippen LogP contribution in [0.3, 0.4) is 0 Å². The summed E-state index contributed by atoms with van der Waals surface area (Å²) in [6.45, 7) is 9.21. The monoisotopic (exact) mass is 308 g/mol. The maximum atomic E-state index is 12.5. The second kappa shape index (κ2) is 8.32. The van der Waals surface area contributed by atoms with E-state index in [1.54, 1.807) is 0 Å². The van der Waals surface area contributed by atoms with Crippen molar-refractivity contribution in [2.75, 3.05) is 18.1 Å². The van der Waals surface area contributed by atoms with Gasteiger partial charge in [0.05, 0.1) is 5.56 Å². The zero-order valence-electron chi connectivity index (χ0n) is 13.8. The normalized spacial score (nSPS) is 11.5. The Bertz CT molecular complexity index is 448. The third kappa shape index (κ3) is 4.95. The number of hydrogen-bond donors (Lipinski definition) is 2. The van der Waals surface area contributed by atoms with Gasteiger partial charge in [-0.25, -0.2) is 0 Å². The molecule has 1 aromatic rings. The first-order valence-electron chi connectivity index (χ1n) is 7.67. The topological polar surface area (TPSA) is 41.1 Å². The highest BCUT2D eigenvalue weighted by atomic mass is 32.2. The molecule has 0 heterocycles. The van der Waals surface area contributed by atoms with Gasteiger partial charge in [-0.3, -0.25) is 4.79 Å². The van der Waals surface area contributed by atoms with Gasteiger partial charge in [-0.15, -0.1) is 0 Å². The first kappa shape index (κ1) is 17.9. The summed E-state index contributed by atoms with van der Waals surface area (Å²) in [5.41, 5.74) is 1.61. The Labute approximate surface area is 133 Å². The van der Waals surface area contributed by atoms with Crippen molar-refractivity contribution in [2.24, 2.45) is 0 Å². The third-order valence-electron chi connectivity index (χ3n) is 3.91. The second-order valence-corrected chi connectivity index (χ2v) is 6.90. The summed E-state index contributed by atoms with van der Waals surface area (Å²) in [7, 11) is 0. The fourth-order valence-corrected chi connectivity index (χ4v) is 3.11. The van der Waals surface area contributed by atoms with Gasteiger partial charge in [-0.1, -0.05) is 26.0 Å². The van der Waals surface area contributed by atoms with Gasteiger partial charge < -0.3 is 10.6 Å². The van der Waals surface area contributed by atoms with Crippen LogP contribution in [0.4, 0.5) is 5.69 Å². The maximum Gasteiger partial charge on any atom is 0.253 e. The van der Waals surface area contributed by atoms with E-state index >= 15 is 0 Å². The fraction of sp³-hybridized carbons (Fsp3) is 0.588. The van der Waals surface area contributed by atoms with Crippen molar-refractivity contribution in [2.45, 2.75) is 51.3 Å². The Morgan fingerprint density at radius 1 is 1.24 bits per heavy atom. The van der Waals surface area contributed by atoms with Gasteiger partial charge in [0, 0.05) is 23.0 Å². The SMILES string of the molecule is CCC(CC)(CNC(=O)c1ccccc1NC(C)C)SC. The molecule has 1 rings (SSSR count). The quantitative estimate of drug-likeness (QED) is 0.757. The largest absolute Gasteiger partial charge is 0.382 e. The van der Waals surface area contributed by atoms with E-state index in [1.165, 1.54) is 0 Å². The zero-order valence-corrected chi connectivity index (χ0v) is 14.6. The van der Waals surface area contributed by atoms with E-state index in [2.05, 4.69) is 44.6 Å². The number of amides is 1. The van der Waals surface area contributed by atoms with Crippen LogP contribution in [0.1, 0.15) is 50.9 Å². The number of hydrogen-bond acceptors (Lipinski definition) is 3. The fourth-order valence-electron chi connectivity index (χ4n) is 2.32. The van der Waals surface area contributed by atoms with Crippen LogP contribution in [0, 0.1) is 0 Å². The van der Waals surface area contributed by atoms with Crippen LogP contribution >= 0.6 is 11.8 Å². The number of nitrogens with one attached hydrogen (secondary N) is 2. The summed E-state index contributed by atoms with van der Waals surface area (Å²) in [5.74, 6) is -0.000856. The molecular formula is C17H28N2OS. The molecule has 118 valence electrons. The van der Waals surface area contributed by atoms with Crippen molar-refractivity contribution in [3.05, 3.63) is 29.8 Å². The molecule has 21 heavy (non-hydrogen) atoms. The first-order chi connectivity index (χ1) is 9.98. The lowest BCUT2D eigenvalue weighted by molar-refractivity contribution is 0.0949. The van der Waals surface area contributed by atoms with Crippen molar-refractivity contribution in [1.82, 2.24) is 5.32 Å². The van der Waals surface area contributed by atoms with Gasteiger partial charge in [0.2, 0.25) is 0 Å². The van der Waals surface area contributed by atoms with E-state index in [0.29, 0.717) is 18.2 Å². The molecule has 0 aromatic heterocycles. The number of anilines is 1. The molecule has 0 aliphatic heterocycles. The zero-order chi connectivity index (χ0) is 15.9. The Kier molecular flexibility index (Phi) is 7.09. The van der Waals surface area contributed by atoms with Gasteiger partial charge in [0.25, 0.3) is 5.91 Å². The van der Waals surface area contributed by atoms with Gasteiger partial charge in [-0.2, -0.15) is 11.8 Å². The Hall–Kier alpha value is -1.16. The molecule has 1 amide bonds. The number of carbonyl (C=O) groups is 1. The molecule has 0 fully saturated rings. The lowest BCUT2D eigenvalue weighted by Crippen LogP contribution is -2.39. The molecule has 0 saturated carbocycles. The Morgan fingerprint density at radius 2 is 1.86 bits per heavy atom. The molecule has 0 bridgehead atoms. The smallest absolute Gasteiger partial charge is 0.253 e. The average Bonchev–Trinajstić information content (AvgIpc) is 2.49. The minimum absolute atomic E-state index is 0.000856. The van der Waals surface area contributed by atoms with Crippen LogP contribution < -0.4 is 10.6 Å². The standard InChI is InChI=1S/C17H28N2OS/c1-6-17(7-2,21-5)12-18-16(20)14-10-8-9-11-15(14)19-13(3)4/h8-11,13,19H,6-7,12H2,1-5H3,(H,18,20). The molecule has 1 aromatic carbocycles. The van der Waals surface area contributed by atoms with Crippen LogP contribution in [-0.4, -0.2) is 29.5 Å². The molecule has 4 heteroatoms. The van der Waals surface area contributed by atoms with Crippen LogP contribution in [0.25, 0.3) is 0 Å². The van der Waals surface area contributed by atoms with Crippen LogP contribution in [-0.2, 0) is 0 Å². The number of para-hydroxylation sites is 1. The number of carbonyl (C=O) groups excluding carboxylic acids is 1. The maximum absolute atomic E-state index is 12.5. The summed E-state index contributed by atoms with van der Waals surface area (Å²) in [4.78, 5) is 12.5. The summed E-state index contributed by atoms with van der Waals surface area (Å²) in [5, 5.41) is 6.43. The number of thioether (sulfide) groups is 1. The molecule has 2 N–H and O–H groups in total. The predicted molar refractivity (Wildman–Crippen MR) is 94.4 cm³/mol. The molecule has 0 aliphatic carbocycles. The highest BCUT2D eigenvalue weighted by Gasteiger charge is 2.26. The van der Waals surface area contributed by atoms with E-state index < -0.39 is 0 Å². The van der Waals surface area contributed by atoms with Crippen molar-refractivity contribution < 1.29 is 4.79 Å². The number of rotatable bonds is 8. The molecule has 3 nitrogen and oxygen atoms in total. The summed E-state index contributed by atoms with van der Waals surface area (Å²) in [6, 6.07) is 7.98. The van der Waals surface area contributed by atoms with Gasteiger partial charge >= 0.3 is 0 Å². The summed E-state index contributed by atoms with van der Waals surface area (Å²) < 4.78 is 0.135. The third-order valence-corrected chi connectivity index (χ3v) is 5.50. The lowest BCUT2D eigenvalue weighted by Gasteiger charge is -2.30. The highest BCUT2D eigenvalue weighted by Crippen LogP contribution is 2.29. The van der Waals surface area contributed by atoms with Crippen LogP contribution in [0.2, 0.25) is 0 Å². The average molecular weight is 308 g/mol. The van der Waals surface area contributed by atoms with Gasteiger partial charge in [0.15, 0.2) is 0 Å². The van der Waals surface area contributed by atoms with Crippen LogP contribution in [0.5, 0.6) is 0 Å². The lowest BCUT2D eigenvalue weighted by atomic mass is 10.0. The molecule has 0 spiro atoms. The van der Waals surface area contributed by atoms with Crippen molar-refractivity contribution in [3.8, 4) is 0 Å². The van der Waals surface area contributed by atoms with Crippen LogP contribution in [0.15, 0.2) is 24.3 Å². The second-order valence-electron chi connectivity index (χ2n) is 5.62. The molecule has 0 unspecified atom stereocenters. The van der Waals surface area contributed by atoms with E-state index in [9.17, 15) is 4.79 Å². The Balaban J connectivity index is 2.80. The molecule has 0 atom stereocenters. The highest BCUT2D eigenvalue weighted by molar-refractivity contribution is 8.00. The van der Waals surface area contributed by atoms with Gasteiger partial charge in [-0.05, 0) is 45.1 Å². The van der Waals surface area contributed by atoms with Crippen molar-refractivity contribution in [1.29, 1.82) is 0 Å². The van der Waals surface area contributed by atoms with E-state index in [4.69, 9.17) is 0 Å². The van der Waals surface area contributed by atoms with Crippen molar-refractivity contribution >= 4 is 23.4 Å². The molecule has 0 saturated heterocycles. The van der Waals surface area contributed by atoms with Crippen molar-refractivity contribution in [3.63, 3.8) is 0 Å². The summed E-state index contributed by atoms with van der Waals surface area (Å²) in [6.07, 6.45) is 4.22. The molecular weight excluding hydrogens is 280 g/mol. The first-order valence-corrected chi connectivity index (χ1v) is 8.89. The molecule has 0 aliphatic rings. The molecule has 0 radical (unpaired) electrons. The van der Waals surface area contributed by atoms with E-state index in [0.717, 1.165) is 18.5 Å². The number of benzene rings is 1. The minimum atomic E-state index is -0.000856.